The maximum atomic E-state index is 11.9. The highest BCUT2D eigenvalue weighted by molar-refractivity contribution is 7.16. The zero-order valence-electron chi connectivity index (χ0n) is 9.74. The Bertz CT molecular complexity index is 582. The molecule has 2 aromatic heterocycles. The molecule has 1 amide bonds. The summed E-state index contributed by atoms with van der Waals surface area (Å²) in [6, 6.07) is 5.36. The van der Waals surface area contributed by atoms with E-state index < -0.39 is 0 Å². The zero-order valence-corrected chi connectivity index (χ0v) is 11.3. The molecular formula is C12H12ClN3OS. The van der Waals surface area contributed by atoms with E-state index in [1.165, 1.54) is 17.5 Å². The van der Waals surface area contributed by atoms with Crippen LogP contribution < -0.4 is 11.1 Å². The van der Waals surface area contributed by atoms with Gasteiger partial charge in [0.15, 0.2) is 0 Å². The van der Waals surface area contributed by atoms with Gasteiger partial charge in [0.25, 0.3) is 5.91 Å². The fourth-order valence-electron chi connectivity index (χ4n) is 1.48. The van der Waals surface area contributed by atoms with Gasteiger partial charge in [-0.3, -0.25) is 9.78 Å². The molecule has 0 fully saturated rings. The Hall–Kier alpha value is -1.59. The number of nitrogens with two attached hydrogens (primary N) is 1. The Morgan fingerprint density at radius 1 is 1.56 bits per heavy atom. The van der Waals surface area contributed by atoms with Crippen molar-refractivity contribution in [3.05, 3.63) is 44.9 Å². The zero-order chi connectivity index (χ0) is 13.1. The molecule has 0 unspecified atom stereocenters. The molecule has 0 aromatic carbocycles. The third-order valence-corrected chi connectivity index (χ3v) is 3.60. The van der Waals surface area contributed by atoms with Crippen LogP contribution >= 0.6 is 22.9 Å². The van der Waals surface area contributed by atoms with E-state index in [-0.39, 0.29) is 5.91 Å². The number of nitrogens with zero attached hydrogens (tertiary/aromatic N) is 1. The number of aryl methyl sites for hydroxylation is 1. The van der Waals surface area contributed by atoms with Gasteiger partial charge in [-0.1, -0.05) is 11.6 Å². The van der Waals surface area contributed by atoms with Crippen molar-refractivity contribution in [2.75, 3.05) is 5.73 Å². The van der Waals surface area contributed by atoms with Crippen LogP contribution in [0.2, 0.25) is 4.34 Å². The van der Waals surface area contributed by atoms with E-state index in [9.17, 15) is 4.79 Å². The van der Waals surface area contributed by atoms with Crippen LogP contribution in [0.25, 0.3) is 0 Å². The lowest BCUT2D eigenvalue weighted by Gasteiger charge is -2.06. The first kappa shape index (κ1) is 12.9. The first-order chi connectivity index (χ1) is 8.56. The highest BCUT2D eigenvalue weighted by Gasteiger charge is 2.10. The molecule has 0 bridgehead atoms. The van der Waals surface area contributed by atoms with Crippen LogP contribution in [-0.4, -0.2) is 10.9 Å². The molecule has 0 radical (unpaired) electrons. The lowest BCUT2D eigenvalue weighted by atomic mass is 10.2. The topological polar surface area (TPSA) is 68.0 Å². The summed E-state index contributed by atoms with van der Waals surface area (Å²) in [6.45, 7) is 2.26. The smallest absolute Gasteiger partial charge is 0.255 e. The first-order valence-electron chi connectivity index (χ1n) is 5.31. The number of pyridine rings is 1. The Morgan fingerprint density at radius 3 is 2.94 bits per heavy atom. The van der Waals surface area contributed by atoms with Crippen molar-refractivity contribution in [2.24, 2.45) is 0 Å². The van der Waals surface area contributed by atoms with Crippen LogP contribution in [0.4, 0.5) is 5.69 Å². The minimum Gasteiger partial charge on any atom is -0.398 e. The van der Waals surface area contributed by atoms with Gasteiger partial charge in [0, 0.05) is 22.5 Å². The van der Waals surface area contributed by atoms with Gasteiger partial charge < -0.3 is 11.1 Å². The average molecular weight is 282 g/mol. The number of halogens is 1. The molecule has 18 heavy (non-hydrogen) atoms. The van der Waals surface area contributed by atoms with Crippen LogP contribution in [0.5, 0.6) is 0 Å². The lowest BCUT2D eigenvalue weighted by Crippen LogP contribution is -2.23. The second kappa shape index (κ2) is 5.37. The van der Waals surface area contributed by atoms with E-state index in [1.54, 1.807) is 12.1 Å². The van der Waals surface area contributed by atoms with Crippen molar-refractivity contribution in [2.45, 2.75) is 13.5 Å². The van der Waals surface area contributed by atoms with E-state index in [4.69, 9.17) is 17.3 Å². The second-order valence-electron chi connectivity index (χ2n) is 3.80. The molecule has 0 aliphatic rings. The molecule has 0 aliphatic heterocycles. The monoisotopic (exact) mass is 281 g/mol. The predicted octanol–water partition coefficient (Wildman–Crippen LogP) is 2.62. The molecule has 0 saturated carbocycles. The SMILES string of the molecule is Cc1cc(N)c(C(=O)NCc2ccc(Cl)s2)cn1. The van der Waals surface area contributed by atoms with E-state index >= 15 is 0 Å². The number of carbonyl (C=O) groups excluding carboxylic acids is 1. The van der Waals surface area contributed by atoms with Crippen LogP contribution in [0.3, 0.4) is 0 Å². The Labute approximate surface area is 114 Å². The summed E-state index contributed by atoms with van der Waals surface area (Å²) in [5, 5.41) is 2.78. The largest absolute Gasteiger partial charge is 0.398 e. The highest BCUT2D eigenvalue weighted by atomic mass is 35.5. The van der Waals surface area contributed by atoms with Gasteiger partial charge in [-0.05, 0) is 25.1 Å². The summed E-state index contributed by atoms with van der Waals surface area (Å²) in [5.74, 6) is -0.232. The highest BCUT2D eigenvalue weighted by Crippen LogP contribution is 2.21. The molecule has 2 rings (SSSR count). The predicted molar refractivity (Wildman–Crippen MR) is 73.9 cm³/mol. The van der Waals surface area contributed by atoms with E-state index in [2.05, 4.69) is 10.3 Å². The molecule has 2 aromatic rings. The third kappa shape index (κ3) is 3.00. The normalized spacial score (nSPS) is 10.3. The van der Waals surface area contributed by atoms with Gasteiger partial charge >= 0.3 is 0 Å². The maximum Gasteiger partial charge on any atom is 0.255 e. The summed E-state index contributed by atoms with van der Waals surface area (Å²) < 4.78 is 0.704. The number of thiophene rings is 1. The van der Waals surface area contributed by atoms with Crippen molar-refractivity contribution < 1.29 is 4.79 Å². The van der Waals surface area contributed by atoms with Gasteiger partial charge in [0.2, 0.25) is 0 Å². The third-order valence-electron chi connectivity index (χ3n) is 2.37. The van der Waals surface area contributed by atoms with Crippen LogP contribution in [0.1, 0.15) is 20.9 Å². The second-order valence-corrected chi connectivity index (χ2v) is 5.60. The summed E-state index contributed by atoms with van der Waals surface area (Å²) in [4.78, 5) is 17.0. The number of aromatic nitrogens is 1. The van der Waals surface area contributed by atoms with Gasteiger partial charge in [-0.15, -0.1) is 11.3 Å². The van der Waals surface area contributed by atoms with E-state index in [1.807, 2.05) is 13.0 Å². The number of carbonyl (C=O) groups is 1. The molecule has 0 atom stereocenters. The number of amides is 1. The number of hydrogen-bond acceptors (Lipinski definition) is 4. The Kier molecular flexibility index (Phi) is 3.84. The van der Waals surface area contributed by atoms with Crippen molar-refractivity contribution >= 4 is 34.5 Å². The fraction of sp³-hybridized carbons (Fsp3) is 0.167. The van der Waals surface area contributed by atoms with Crippen LogP contribution in [-0.2, 0) is 6.54 Å². The summed E-state index contributed by atoms with van der Waals surface area (Å²) >= 11 is 7.25. The quantitative estimate of drug-likeness (QED) is 0.909. The van der Waals surface area contributed by atoms with Crippen molar-refractivity contribution in [1.29, 1.82) is 0 Å². The van der Waals surface area contributed by atoms with Crippen molar-refractivity contribution in [1.82, 2.24) is 10.3 Å². The average Bonchev–Trinajstić information content (AvgIpc) is 2.72. The van der Waals surface area contributed by atoms with Crippen LogP contribution in [0, 0.1) is 6.92 Å². The molecule has 6 heteroatoms. The molecule has 2 heterocycles. The Morgan fingerprint density at radius 2 is 2.33 bits per heavy atom. The molecule has 3 N–H and O–H groups in total. The summed E-state index contributed by atoms with van der Waals surface area (Å²) in [5.41, 5.74) is 7.39. The number of nitrogen functional groups attached to an aromatic ring is 1. The molecule has 0 spiro atoms. The van der Waals surface area contributed by atoms with Gasteiger partial charge in [0.05, 0.1) is 16.4 Å². The summed E-state index contributed by atoms with van der Waals surface area (Å²) in [7, 11) is 0. The lowest BCUT2D eigenvalue weighted by molar-refractivity contribution is 0.0952. The minimum absolute atomic E-state index is 0.232. The molecular weight excluding hydrogens is 270 g/mol. The van der Waals surface area contributed by atoms with Crippen molar-refractivity contribution in [3.8, 4) is 0 Å². The number of anilines is 1. The molecule has 0 saturated heterocycles. The molecule has 4 nitrogen and oxygen atoms in total. The maximum absolute atomic E-state index is 11.9. The van der Waals surface area contributed by atoms with Gasteiger partial charge in [-0.2, -0.15) is 0 Å². The van der Waals surface area contributed by atoms with Gasteiger partial charge in [0.1, 0.15) is 0 Å². The molecule has 0 aliphatic carbocycles. The minimum atomic E-state index is -0.232. The number of nitrogens with one attached hydrogen (secondary N) is 1. The number of rotatable bonds is 3. The summed E-state index contributed by atoms with van der Waals surface area (Å²) in [6.07, 6.45) is 1.49. The number of hydrogen-bond donors (Lipinski definition) is 2. The van der Waals surface area contributed by atoms with E-state index in [0.717, 1.165) is 10.6 Å². The molecule has 94 valence electrons. The van der Waals surface area contributed by atoms with Crippen molar-refractivity contribution in [3.63, 3.8) is 0 Å². The van der Waals surface area contributed by atoms with Gasteiger partial charge in [-0.25, -0.2) is 0 Å². The Balaban J connectivity index is 2.03. The fourth-order valence-corrected chi connectivity index (χ4v) is 2.51. The standard InChI is InChI=1S/C12H12ClN3OS/c1-7-4-10(14)9(6-15-7)12(17)16-5-8-2-3-11(13)18-8/h2-4,6H,5H2,1H3,(H2,14,15)(H,16,17). The first-order valence-corrected chi connectivity index (χ1v) is 6.50. The van der Waals surface area contributed by atoms with E-state index in [0.29, 0.717) is 22.1 Å². The van der Waals surface area contributed by atoms with Crippen LogP contribution in [0.15, 0.2) is 24.4 Å².